The molecule has 2 aromatic carbocycles. The maximum atomic E-state index is 2.49. The van der Waals surface area contributed by atoms with Gasteiger partial charge in [-0.05, 0) is 65.8 Å². The van der Waals surface area contributed by atoms with Gasteiger partial charge in [0, 0.05) is 0 Å². The fraction of sp³-hybridized carbons (Fsp3) is 0.333. The van der Waals surface area contributed by atoms with Crippen LogP contribution in [0.5, 0.6) is 0 Å². The van der Waals surface area contributed by atoms with E-state index in [4.69, 9.17) is 0 Å². The first-order chi connectivity index (χ1) is 11.8. The molecular formula is C24H26. The Hall–Kier alpha value is -2.08. The number of benzene rings is 2. The first-order valence-electron chi connectivity index (χ1n) is 9.41. The SMILES string of the molecule is CCCCc1ccc2c(c1)CC(C1=CC=CC1)Cc1ccccc1-2. The minimum absolute atomic E-state index is 0.642. The molecule has 0 fully saturated rings. The van der Waals surface area contributed by atoms with Crippen LogP contribution in [-0.2, 0) is 19.3 Å². The highest BCUT2D eigenvalue weighted by atomic mass is 14.3. The molecule has 122 valence electrons. The van der Waals surface area contributed by atoms with Crippen LogP contribution < -0.4 is 0 Å². The Kier molecular flexibility index (Phi) is 4.38. The van der Waals surface area contributed by atoms with E-state index in [-0.39, 0.29) is 0 Å². The minimum atomic E-state index is 0.642. The summed E-state index contributed by atoms with van der Waals surface area (Å²) in [6.07, 6.45) is 14.1. The summed E-state index contributed by atoms with van der Waals surface area (Å²) in [5.41, 5.74) is 9.08. The van der Waals surface area contributed by atoms with E-state index in [9.17, 15) is 0 Å². The van der Waals surface area contributed by atoms with E-state index in [2.05, 4.69) is 67.6 Å². The molecule has 4 rings (SSSR count). The van der Waals surface area contributed by atoms with E-state index < -0.39 is 0 Å². The van der Waals surface area contributed by atoms with Crippen LogP contribution >= 0.6 is 0 Å². The van der Waals surface area contributed by atoms with Gasteiger partial charge in [-0.2, -0.15) is 0 Å². The lowest BCUT2D eigenvalue weighted by molar-refractivity contribution is 0.604. The Labute approximate surface area is 145 Å². The van der Waals surface area contributed by atoms with Crippen LogP contribution in [-0.4, -0.2) is 0 Å². The van der Waals surface area contributed by atoms with Gasteiger partial charge in [-0.15, -0.1) is 0 Å². The van der Waals surface area contributed by atoms with Crippen molar-refractivity contribution >= 4 is 0 Å². The largest absolute Gasteiger partial charge is 0.0805 e. The number of aryl methyl sites for hydroxylation is 1. The third-order valence-corrected chi connectivity index (χ3v) is 5.55. The normalized spacial score (nSPS) is 18.7. The first kappa shape index (κ1) is 15.4. The molecule has 0 heterocycles. The molecule has 2 aliphatic rings. The standard InChI is InChI=1S/C24H26/c1-2-3-8-18-13-14-24-22(15-18)17-21(19-9-4-5-10-19)16-20-11-6-7-12-23(20)24/h4-7,9,11-15,21H,2-3,8,10,16-17H2,1H3. The van der Waals surface area contributed by atoms with Gasteiger partial charge in [-0.1, -0.05) is 79.6 Å². The molecule has 0 nitrogen and oxygen atoms in total. The molecule has 2 aliphatic carbocycles. The van der Waals surface area contributed by atoms with Gasteiger partial charge in [0.1, 0.15) is 0 Å². The molecule has 0 spiro atoms. The summed E-state index contributed by atoms with van der Waals surface area (Å²) < 4.78 is 0. The smallest absolute Gasteiger partial charge is 0.0116 e. The molecule has 0 saturated heterocycles. The Morgan fingerprint density at radius 3 is 2.62 bits per heavy atom. The van der Waals surface area contributed by atoms with Crippen molar-refractivity contribution in [1.82, 2.24) is 0 Å². The Morgan fingerprint density at radius 1 is 0.958 bits per heavy atom. The molecule has 24 heavy (non-hydrogen) atoms. The molecule has 0 bridgehead atoms. The summed E-state index contributed by atoms with van der Waals surface area (Å²) in [5, 5.41) is 0. The van der Waals surface area contributed by atoms with Gasteiger partial charge in [0.2, 0.25) is 0 Å². The number of allylic oxidation sites excluding steroid dienone is 4. The van der Waals surface area contributed by atoms with E-state index in [1.54, 1.807) is 11.1 Å². The third-order valence-electron chi connectivity index (χ3n) is 5.55. The zero-order valence-corrected chi connectivity index (χ0v) is 14.6. The van der Waals surface area contributed by atoms with Gasteiger partial charge in [0.05, 0.1) is 0 Å². The highest BCUT2D eigenvalue weighted by molar-refractivity contribution is 5.72. The van der Waals surface area contributed by atoms with Gasteiger partial charge in [-0.3, -0.25) is 0 Å². The number of unbranched alkanes of at least 4 members (excludes halogenated alkanes) is 1. The highest BCUT2D eigenvalue weighted by Gasteiger charge is 2.24. The van der Waals surface area contributed by atoms with Crippen LogP contribution in [0.15, 0.2) is 66.3 Å². The monoisotopic (exact) mass is 314 g/mol. The van der Waals surface area contributed by atoms with Crippen molar-refractivity contribution in [1.29, 1.82) is 0 Å². The second-order valence-corrected chi connectivity index (χ2v) is 7.23. The average Bonchev–Trinajstić information content (AvgIpc) is 3.09. The van der Waals surface area contributed by atoms with Crippen LogP contribution in [0.25, 0.3) is 11.1 Å². The molecule has 0 heteroatoms. The second kappa shape index (κ2) is 6.81. The van der Waals surface area contributed by atoms with E-state index >= 15 is 0 Å². The Balaban J connectivity index is 1.76. The van der Waals surface area contributed by atoms with Gasteiger partial charge >= 0.3 is 0 Å². The summed E-state index contributed by atoms with van der Waals surface area (Å²) in [4.78, 5) is 0. The third kappa shape index (κ3) is 2.98. The maximum Gasteiger partial charge on any atom is -0.0116 e. The maximum absolute atomic E-state index is 2.49. The van der Waals surface area contributed by atoms with Gasteiger partial charge in [-0.25, -0.2) is 0 Å². The van der Waals surface area contributed by atoms with Gasteiger partial charge < -0.3 is 0 Å². The molecule has 1 unspecified atom stereocenters. The van der Waals surface area contributed by atoms with Crippen LogP contribution in [0.3, 0.4) is 0 Å². The summed E-state index contributed by atoms with van der Waals surface area (Å²) in [6.45, 7) is 2.27. The van der Waals surface area contributed by atoms with Gasteiger partial charge in [0.25, 0.3) is 0 Å². The molecule has 0 aromatic heterocycles. The molecule has 0 aliphatic heterocycles. The molecule has 0 N–H and O–H groups in total. The van der Waals surface area contributed by atoms with Gasteiger partial charge in [0.15, 0.2) is 0 Å². The van der Waals surface area contributed by atoms with Crippen molar-refractivity contribution in [2.75, 3.05) is 0 Å². The van der Waals surface area contributed by atoms with E-state index in [0.717, 1.165) is 6.42 Å². The fourth-order valence-corrected chi connectivity index (χ4v) is 4.21. The molecule has 0 amide bonds. The van der Waals surface area contributed by atoms with Crippen molar-refractivity contribution < 1.29 is 0 Å². The van der Waals surface area contributed by atoms with Crippen molar-refractivity contribution in [2.45, 2.75) is 45.4 Å². The van der Waals surface area contributed by atoms with Crippen molar-refractivity contribution in [2.24, 2.45) is 5.92 Å². The number of hydrogen-bond donors (Lipinski definition) is 0. The zero-order valence-electron chi connectivity index (χ0n) is 14.6. The Morgan fingerprint density at radius 2 is 1.79 bits per heavy atom. The quantitative estimate of drug-likeness (QED) is 0.621. The van der Waals surface area contributed by atoms with Crippen molar-refractivity contribution in [3.63, 3.8) is 0 Å². The van der Waals surface area contributed by atoms with Crippen LogP contribution in [0.2, 0.25) is 0 Å². The molecular weight excluding hydrogens is 288 g/mol. The Bertz CT molecular complexity index is 791. The van der Waals surface area contributed by atoms with Crippen LogP contribution in [0.1, 0.15) is 42.9 Å². The topological polar surface area (TPSA) is 0 Å². The molecule has 0 saturated carbocycles. The van der Waals surface area contributed by atoms with E-state index in [0.29, 0.717) is 5.92 Å². The lowest BCUT2D eigenvalue weighted by Crippen LogP contribution is -2.09. The fourth-order valence-electron chi connectivity index (χ4n) is 4.21. The summed E-state index contributed by atoms with van der Waals surface area (Å²) >= 11 is 0. The number of hydrogen-bond acceptors (Lipinski definition) is 0. The second-order valence-electron chi connectivity index (χ2n) is 7.23. The van der Waals surface area contributed by atoms with Crippen molar-refractivity contribution in [3.05, 3.63) is 83.0 Å². The average molecular weight is 314 g/mol. The predicted molar refractivity (Wildman–Crippen MR) is 103 cm³/mol. The number of fused-ring (bicyclic) bond motifs is 3. The summed E-state index contributed by atoms with van der Waals surface area (Å²) in [6, 6.07) is 16.2. The first-order valence-corrected chi connectivity index (χ1v) is 9.41. The van der Waals surface area contributed by atoms with E-state index in [1.165, 1.54) is 54.4 Å². The molecule has 1 atom stereocenters. The number of rotatable bonds is 4. The van der Waals surface area contributed by atoms with E-state index in [1.807, 2.05) is 0 Å². The van der Waals surface area contributed by atoms with Crippen LogP contribution in [0, 0.1) is 5.92 Å². The minimum Gasteiger partial charge on any atom is -0.0805 e. The summed E-state index contributed by atoms with van der Waals surface area (Å²) in [5.74, 6) is 0.642. The van der Waals surface area contributed by atoms with Crippen molar-refractivity contribution in [3.8, 4) is 11.1 Å². The molecule has 2 aromatic rings. The summed E-state index contributed by atoms with van der Waals surface area (Å²) in [7, 11) is 0. The molecule has 0 radical (unpaired) electrons. The predicted octanol–water partition coefficient (Wildman–Crippen LogP) is 6.30. The lowest BCUT2D eigenvalue weighted by Gasteiger charge is -2.17. The van der Waals surface area contributed by atoms with Crippen LogP contribution in [0.4, 0.5) is 0 Å². The lowest BCUT2D eigenvalue weighted by atomic mass is 9.87. The highest BCUT2D eigenvalue weighted by Crippen LogP contribution is 2.38. The zero-order chi connectivity index (χ0) is 16.4.